The maximum absolute atomic E-state index is 5.49. The van der Waals surface area contributed by atoms with Crippen molar-refractivity contribution in [3.05, 3.63) is 17.7 Å². The number of fused-ring (bicyclic) bond motifs is 3. The van der Waals surface area contributed by atoms with Gasteiger partial charge in [0, 0.05) is 17.8 Å². The lowest BCUT2D eigenvalue weighted by molar-refractivity contribution is 0.173. The predicted molar refractivity (Wildman–Crippen MR) is 54.0 cm³/mol. The Hall–Kier alpha value is -1.38. The lowest BCUT2D eigenvalue weighted by Gasteiger charge is -2.09. The molecule has 1 aromatic carbocycles. The third-order valence-corrected chi connectivity index (χ3v) is 2.81. The average Bonchev–Trinajstić information content (AvgIpc) is 2.55. The molecule has 0 amide bonds. The maximum atomic E-state index is 5.49. The topological polar surface area (TPSA) is 30.5 Å². The van der Waals surface area contributed by atoms with Crippen LogP contribution >= 0.6 is 0 Å². The van der Waals surface area contributed by atoms with E-state index in [9.17, 15) is 0 Å². The number of anilines is 1. The second-order valence-corrected chi connectivity index (χ2v) is 3.71. The molecule has 0 unspecified atom stereocenters. The minimum Gasteiger partial charge on any atom is -0.454 e. The molecule has 14 heavy (non-hydrogen) atoms. The zero-order chi connectivity index (χ0) is 9.38. The zero-order valence-electron chi connectivity index (χ0n) is 8.01. The predicted octanol–water partition coefficient (Wildman–Crippen LogP) is 2.16. The molecule has 2 heterocycles. The molecule has 3 heteroatoms. The molecule has 3 rings (SSSR count). The summed E-state index contributed by atoms with van der Waals surface area (Å²) in [5.41, 5.74) is 2.50. The Morgan fingerprint density at radius 3 is 3.14 bits per heavy atom. The highest BCUT2D eigenvalue weighted by molar-refractivity contribution is 5.64. The molecule has 1 aromatic rings. The molecule has 0 spiro atoms. The first kappa shape index (κ1) is 7.97. The van der Waals surface area contributed by atoms with Crippen LogP contribution in [0.4, 0.5) is 5.69 Å². The van der Waals surface area contributed by atoms with Crippen LogP contribution in [-0.4, -0.2) is 13.3 Å². The molecule has 0 atom stereocenters. The number of rotatable bonds is 0. The highest BCUT2D eigenvalue weighted by Crippen LogP contribution is 2.41. The van der Waals surface area contributed by atoms with Gasteiger partial charge in [0.05, 0.1) is 0 Å². The van der Waals surface area contributed by atoms with Crippen molar-refractivity contribution < 1.29 is 9.47 Å². The fourth-order valence-electron chi connectivity index (χ4n) is 2.09. The third kappa shape index (κ3) is 1.12. The summed E-state index contributed by atoms with van der Waals surface area (Å²) in [7, 11) is 0. The molecule has 1 N–H and O–H groups in total. The fraction of sp³-hybridized carbons (Fsp3) is 0.455. The first-order valence-corrected chi connectivity index (χ1v) is 5.10. The van der Waals surface area contributed by atoms with Crippen LogP contribution in [0.1, 0.15) is 18.4 Å². The van der Waals surface area contributed by atoms with Gasteiger partial charge in [-0.25, -0.2) is 0 Å². The van der Waals surface area contributed by atoms with Crippen molar-refractivity contribution in [1.82, 2.24) is 0 Å². The molecule has 74 valence electrons. The molecule has 0 radical (unpaired) electrons. The number of hydrogen-bond donors (Lipinski definition) is 1. The SMILES string of the molecule is c1cc2c(c3c1NCCCC3)OCO2. The first-order chi connectivity index (χ1) is 6.95. The van der Waals surface area contributed by atoms with E-state index in [0.29, 0.717) is 6.79 Å². The lowest BCUT2D eigenvalue weighted by atomic mass is 10.1. The van der Waals surface area contributed by atoms with Crippen molar-refractivity contribution in [1.29, 1.82) is 0 Å². The van der Waals surface area contributed by atoms with Crippen LogP contribution in [0.15, 0.2) is 12.1 Å². The molecule has 0 saturated carbocycles. The van der Waals surface area contributed by atoms with Gasteiger partial charge in [-0.1, -0.05) is 0 Å². The second-order valence-electron chi connectivity index (χ2n) is 3.71. The highest BCUT2D eigenvalue weighted by atomic mass is 16.7. The Morgan fingerprint density at radius 2 is 2.14 bits per heavy atom. The van der Waals surface area contributed by atoms with E-state index in [1.54, 1.807) is 0 Å². The van der Waals surface area contributed by atoms with Gasteiger partial charge in [0.25, 0.3) is 0 Å². The van der Waals surface area contributed by atoms with Gasteiger partial charge in [0.15, 0.2) is 11.5 Å². The summed E-state index contributed by atoms with van der Waals surface area (Å²) in [4.78, 5) is 0. The Morgan fingerprint density at radius 1 is 1.14 bits per heavy atom. The zero-order valence-corrected chi connectivity index (χ0v) is 8.01. The van der Waals surface area contributed by atoms with Gasteiger partial charge in [0.1, 0.15) is 0 Å². The summed E-state index contributed by atoms with van der Waals surface area (Å²) in [6.45, 7) is 1.43. The summed E-state index contributed by atoms with van der Waals surface area (Å²) in [5, 5.41) is 3.42. The smallest absolute Gasteiger partial charge is 0.231 e. The summed E-state index contributed by atoms with van der Waals surface area (Å²) in [6, 6.07) is 4.08. The summed E-state index contributed by atoms with van der Waals surface area (Å²) in [5.74, 6) is 1.85. The average molecular weight is 191 g/mol. The van der Waals surface area contributed by atoms with Crippen LogP contribution < -0.4 is 14.8 Å². The van der Waals surface area contributed by atoms with E-state index < -0.39 is 0 Å². The number of hydrogen-bond acceptors (Lipinski definition) is 3. The van der Waals surface area contributed by atoms with Gasteiger partial charge in [-0.15, -0.1) is 0 Å². The van der Waals surface area contributed by atoms with Crippen molar-refractivity contribution in [3.63, 3.8) is 0 Å². The number of ether oxygens (including phenoxy) is 2. The van der Waals surface area contributed by atoms with Gasteiger partial charge in [-0.05, 0) is 31.4 Å². The largest absolute Gasteiger partial charge is 0.454 e. The van der Waals surface area contributed by atoms with E-state index in [1.165, 1.54) is 24.1 Å². The second kappa shape index (κ2) is 3.08. The lowest BCUT2D eigenvalue weighted by Crippen LogP contribution is -1.99. The molecule has 0 saturated heterocycles. The Labute approximate surface area is 83.0 Å². The summed E-state index contributed by atoms with van der Waals surface area (Å²) < 4.78 is 10.8. The monoisotopic (exact) mass is 191 g/mol. The first-order valence-electron chi connectivity index (χ1n) is 5.10. The van der Waals surface area contributed by atoms with Crippen molar-refractivity contribution in [2.75, 3.05) is 18.7 Å². The molecule has 0 fully saturated rings. The number of benzene rings is 1. The maximum Gasteiger partial charge on any atom is 0.231 e. The molecule has 0 aliphatic carbocycles. The summed E-state index contributed by atoms with van der Waals surface area (Å²) in [6.07, 6.45) is 3.54. The van der Waals surface area contributed by atoms with E-state index in [2.05, 4.69) is 11.4 Å². The molecule has 2 aliphatic rings. The van der Waals surface area contributed by atoms with Crippen LogP contribution in [-0.2, 0) is 6.42 Å². The van der Waals surface area contributed by atoms with Crippen molar-refractivity contribution in [2.24, 2.45) is 0 Å². The third-order valence-electron chi connectivity index (χ3n) is 2.81. The van der Waals surface area contributed by atoms with Gasteiger partial charge < -0.3 is 14.8 Å². The van der Waals surface area contributed by atoms with Gasteiger partial charge in [0.2, 0.25) is 6.79 Å². The van der Waals surface area contributed by atoms with E-state index >= 15 is 0 Å². The van der Waals surface area contributed by atoms with Crippen LogP contribution in [0.5, 0.6) is 11.5 Å². The molecular formula is C11H13NO2. The fourth-order valence-corrected chi connectivity index (χ4v) is 2.09. The van der Waals surface area contributed by atoms with E-state index in [1.807, 2.05) is 6.07 Å². The Kier molecular flexibility index (Phi) is 1.76. The Balaban J connectivity index is 2.11. The highest BCUT2D eigenvalue weighted by Gasteiger charge is 2.21. The minimum atomic E-state index is 0.367. The number of nitrogens with one attached hydrogen (secondary N) is 1. The summed E-state index contributed by atoms with van der Waals surface area (Å²) >= 11 is 0. The van der Waals surface area contributed by atoms with Crippen LogP contribution in [0.2, 0.25) is 0 Å². The minimum absolute atomic E-state index is 0.367. The van der Waals surface area contributed by atoms with Crippen molar-refractivity contribution >= 4 is 5.69 Å². The normalized spacial score (nSPS) is 18.3. The van der Waals surface area contributed by atoms with Crippen LogP contribution in [0.25, 0.3) is 0 Å². The van der Waals surface area contributed by atoms with Gasteiger partial charge >= 0.3 is 0 Å². The van der Waals surface area contributed by atoms with E-state index in [0.717, 1.165) is 24.5 Å². The molecule has 3 nitrogen and oxygen atoms in total. The van der Waals surface area contributed by atoms with E-state index in [-0.39, 0.29) is 0 Å². The van der Waals surface area contributed by atoms with Crippen LogP contribution in [0, 0.1) is 0 Å². The molecule has 2 aliphatic heterocycles. The molecule has 0 aromatic heterocycles. The van der Waals surface area contributed by atoms with E-state index in [4.69, 9.17) is 9.47 Å². The van der Waals surface area contributed by atoms with Crippen molar-refractivity contribution in [2.45, 2.75) is 19.3 Å². The molecular weight excluding hydrogens is 178 g/mol. The quantitative estimate of drug-likeness (QED) is 0.681. The van der Waals surface area contributed by atoms with Gasteiger partial charge in [-0.2, -0.15) is 0 Å². The van der Waals surface area contributed by atoms with Gasteiger partial charge in [-0.3, -0.25) is 0 Å². The molecule has 0 bridgehead atoms. The van der Waals surface area contributed by atoms with Crippen LogP contribution in [0.3, 0.4) is 0 Å². The Bertz CT molecular complexity index is 363. The van der Waals surface area contributed by atoms with Crippen molar-refractivity contribution in [3.8, 4) is 11.5 Å². The standard InChI is InChI=1S/C11H13NO2/c1-2-6-12-9-4-5-10-11(8(9)3-1)14-7-13-10/h4-5,12H,1-3,6-7H2.